The maximum absolute atomic E-state index is 5.78. The molecule has 0 saturated carbocycles. The molecule has 1 rings (SSSR count). The molecule has 114 valence electrons. The van der Waals surface area contributed by atoms with Crippen LogP contribution in [0.15, 0.2) is 18.2 Å². The maximum Gasteiger partial charge on any atom is 0.127 e. The zero-order chi connectivity index (χ0) is 15.2. The summed E-state index contributed by atoms with van der Waals surface area (Å²) >= 11 is 0. The molecule has 2 unspecified atom stereocenters. The minimum absolute atomic E-state index is 0.00593. The standard InChI is InChI=1S/C16H27NO3/c1-7-16(3,20-6)15(17-8-2)14-12(18-4)10-9-11-13(14)19-5/h9-11,15,17H,7-8H2,1-6H3. The number of nitrogens with one attached hydrogen (secondary N) is 1. The van der Waals surface area contributed by atoms with Gasteiger partial charge in [-0.15, -0.1) is 0 Å². The molecule has 0 aliphatic carbocycles. The molecule has 0 spiro atoms. The van der Waals surface area contributed by atoms with E-state index in [2.05, 4.69) is 26.1 Å². The van der Waals surface area contributed by atoms with Crippen LogP contribution < -0.4 is 14.8 Å². The second-order valence-corrected chi connectivity index (χ2v) is 4.94. The SMILES string of the molecule is CCNC(c1c(OC)cccc1OC)C(C)(CC)OC. The van der Waals surface area contributed by atoms with Crippen molar-refractivity contribution in [2.24, 2.45) is 0 Å². The first-order valence-corrected chi connectivity index (χ1v) is 7.07. The molecule has 0 aliphatic rings. The summed E-state index contributed by atoms with van der Waals surface area (Å²) in [4.78, 5) is 0. The van der Waals surface area contributed by atoms with E-state index in [0.717, 1.165) is 30.0 Å². The molecule has 1 aromatic rings. The first-order chi connectivity index (χ1) is 9.57. The van der Waals surface area contributed by atoms with Crippen LogP contribution in [0.5, 0.6) is 11.5 Å². The lowest BCUT2D eigenvalue weighted by molar-refractivity contribution is -0.0306. The molecule has 0 heterocycles. The van der Waals surface area contributed by atoms with Crippen LogP contribution in [0.2, 0.25) is 0 Å². The topological polar surface area (TPSA) is 39.7 Å². The summed E-state index contributed by atoms with van der Waals surface area (Å²) < 4.78 is 16.8. The van der Waals surface area contributed by atoms with E-state index < -0.39 is 0 Å². The summed E-state index contributed by atoms with van der Waals surface area (Å²) in [6, 6.07) is 5.83. The Morgan fingerprint density at radius 1 is 1.10 bits per heavy atom. The Labute approximate surface area is 122 Å². The smallest absolute Gasteiger partial charge is 0.127 e. The molecule has 4 nitrogen and oxygen atoms in total. The Hall–Kier alpha value is -1.26. The van der Waals surface area contributed by atoms with E-state index in [9.17, 15) is 0 Å². The van der Waals surface area contributed by atoms with E-state index in [4.69, 9.17) is 14.2 Å². The highest BCUT2D eigenvalue weighted by Gasteiger charge is 2.37. The number of methoxy groups -OCH3 is 3. The van der Waals surface area contributed by atoms with Gasteiger partial charge in [0.2, 0.25) is 0 Å². The lowest BCUT2D eigenvalue weighted by Crippen LogP contribution is -2.43. The third-order valence-electron chi connectivity index (χ3n) is 3.94. The van der Waals surface area contributed by atoms with Gasteiger partial charge in [0.15, 0.2) is 0 Å². The molecular weight excluding hydrogens is 254 g/mol. The van der Waals surface area contributed by atoms with Gasteiger partial charge in [0.05, 0.1) is 31.4 Å². The fraction of sp³-hybridized carbons (Fsp3) is 0.625. The summed E-state index contributed by atoms with van der Waals surface area (Å²) in [5, 5.41) is 3.51. The zero-order valence-electron chi connectivity index (χ0n) is 13.4. The quantitative estimate of drug-likeness (QED) is 0.794. The highest BCUT2D eigenvalue weighted by molar-refractivity contribution is 5.48. The maximum atomic E-state index is 5.78. The predicted octanol–water partition coefficient (Wildman–Crippen LogP) is 3.17. The van der Waals surface area contributed by atoms with Crippen LogP contribution in [-0.2, 0) is 4.74 Å². The first-order valence-electron chi connectivity index (χ1n) is 7.07. The van der Waals surface area contributed by atoms with Crippen LogP contribution >= 0.6 is 0 Å². The van der Waals surface area contributed by atoms with Gasteiger partial charge in [-0.25, -0.2) is 0 Å². The molecule has 0 aromatic heterocycles. The average molecular weight is 281 g/mol. The largest absolute Gasteiger partial charge is 0.496 e. The average Bonchev–Trinajstić information content (AvgIpc) is 2.51. The van der Waals surface area contributed by atoms with Crippen molar-refractivity contribution in [2.45, 2.75) is 38.8 Å². The van der Waals surface area contributed by atoms with Crippen molar-refractivity contribution < 1.29 is 14.2 Å². The molecule has 2 atom stereocenters. The van der Waals surface area contributed by atoms with Crippen molar-refractivity contribution in [2.75, 3.05) is 27.9 Å². The third kappa shape index (κ3) is 3.25. The molecule has 20 heavy (non-hydrogen) atoms. The third-order valence-corrected chi connectivity index (χ3v) is 3.94. The monoisotopic (exact) mass is 281 g/mol. The Morgan fingerprint density at radius 3 is 2.00 bits per heavy atom. The van der Waals surface area contributed by atoms with Crippen molar-refractivity contribution in [3.8, 4) is 11.5 Å². The van der Waals surface area contributed by atoms with Gasteiger partial charge in [0.1, 0.15) is 11.5 Å². The Balaban J connectivity index is 3.40. The van der Waals surface area contributed by atoms with Crippen molar-refractivity contribution >= 4 is 0 Å². The van der Waals surface area contributed by atoms with E-state index in [0.29, 0.717) is 0 Å². The fourth-order valence-electron chi connectivity index (χ4n) is 2.46. The van der Waals surface area contributed by atoms with Gasteiger partial charge in [-0.05, 0) is 32.0 Å². The van der Waals surface area contributed by atoms with Gasteiger partial charge in [0.25, 0.3) is 0 Å². The van der Waals surface area contributed by atoms with Gasteiger partial charge in [0, 0.05) is 7.11 Å². The molecule has 1 aromatic carbocycles. The van der Waals surface area contributed by atoms with Gasteiger partial charge < -0.3 is 19.5 Å². The number of hydrogen-bond acceptors (Lipinski definition) is 4. The first kappa shape index (κ1) is 16.8. The van der Waals surface area contributed by atoms with Crippen LogP contribution in [0.3, 0.4) is 0 Å². The fourth-order valence-corrected chi connectivity index (χ4v) is 2.46. The minimum Gasteiger partial charge on any atom is -0.496 e. The van der Waals surface area contributed by atoms with Crippen molar-refractivity contribution in [1.29, 1.82) is 0 Å². The highest BCUT2D eigenvalue weighted by Crippen LogP contribution is 2.41. The van der Waals surface area contributed by atoms with Crippen LogP contribution in [0, 0.1) is 0 Å². The molecule has 4 heteroatoms. The van der Waals surface area contributed by atoms with Gasteiger partial charge in [-0.3, -0.25) is 0 Å². The van der Waals surface area contributed by atoms with Gasteiger partial charge in [-0.2, -0.15) is 0 Å². The summed E-state index contributed by atoms with van der Waals surface area (Å²) in [5.41, 5.74) is 0.670. The van der Waals surface area contributed by atoms with Gasteiger partial charge >= 0.3 is 0 Å². The Morgan fingerprint density at radius 2 is 1.65 bits per heavy atom. The number of hydrogen-bond donors (Lipinski definition) is 1. The Bertz CT molecular complexity index is 394. The molecule has 0 amide bonds. The zero-order valence-corrected chi connectivity index (χ0v) is 13.4. The highest BCUT2D eigenvalue weighted by atomic mass is 16.5. The summed E-state index contributed by atoms with van der Waals surface area (Å²) in [7, 11) is 5.10. The van der Waals surface area contributed by atoms with Crippen LogP contribution in [-0.4, -0.2) is 33.5 Å². The normalized spacial score (nSPS) is 15.5. The van der Waals surface area contributed by atoms with E-state index in [-0.39, 0.29) is 11.6 Å². The van der Waals surface area contributed by atoms with Crippen molar-refractivity contribution in [1.82, 2.24) is 5.32 Å². The minimum atomic E-state index is -0.335. The number of likely N-dealkylation sites (N-methyl/N-ethyl adjacent to an activating group) is 1. The van der Waals surface area contributed by atoms with Crippen molar-refractivity contribution in [3.63, 3.8) is 0 Å². The second kappa shape index (κ2) is 7.50. The number of rotatable bonds is 8. The lowest BCUT2D eigenvalue weighted by Gasteiger charge is -2.37. The summed E-state index contributed by atoms with van der Waals surface area (Å²) in [6.45, 7) is 7.15. The predicted molar refractivity (Wildman–Crippen MR) is 81.7 cm³/mol. The number of ether oxygens (including phenoxy) is 3. The van der Waals surface area contributed by atoms with E-state index in [1.165, 1.54) is 0 Å². The summed E-state index contributed by atoms with van der Waals surface area (Å²) in [6.07, 6.45) is 0.877. The van der Waals surface area contributed by atoms with E-state index in [1.54, 1.807) is 21.3 Å². The van der Waals surface area contributed by atoms with Crippen molar-refractivity contribution in [3.05, 3.63) is 23.8 Å². The molecule has 0 aliphatic heterocycles. The molecule has 0 radical (unpaired) electrons. The van der Waals surface area contributed by atoms with E-state index >= 15 is 0 Å². The molecule has 1 N–H and O–H groups in total. The lowest BCUT2D eigenvalue weighted by atomic mass is 9.86. The Kier molecular flexibility index (Phi) is 6.30. The molecule has 0 fully saturated rings. The van der Waals surface area contributed by atoms with Crippen LogP contribution in [0.25, 0.3) is 0 Å². The molecule has 0 saturated heterocycles. The second-order valence-electron chi connectivity index (χ2n) is 4.94. The molecular formula is C16H27NO3. The summed E-state index contributed by atoms with van der Waals surface area (Å²) in [5.74, 6) is 1.62. The number of benzene rings is 1. The van der Waals surface area contributed by atoms with Crippen LogP contribution in [0.1, 0.15) is 38.8 Å². The van der Waals surface area contributed by atoms with E-state index in [1.807, 2.05) is 18.2 Å². The van der Waals surface area contributed by atoms with Crippen LogP contribution in [0.4, 0.5) is 0 Å². The van der Waals surface area contributed by atoms with Gasteiger partial charge in [-0.1, -0.05) is 19.9 Å². The molecule has 0 bridgehead atoms.